The Bertz CT molecular complexity index is 230. The molecule has 1 saturated heterocycles. The summed E-state index contributed by atoms with van der Waals surface area (Å²) in [5, 5.41) is 0. The van der Waals surface area contributed by atoms with E-state index in [1.807, 2.05) is 0 Å². The molecule has 0 aliphatic carbocycles. The van der Waals surface area contributed by atoms with Gasteiger partial charge in [-0.1, -0.05) is 0 Å². The second kappa shape index (κ2) is 4.69. The first kappa shape index (κ1) is 12.1. The van der Waals surface area contributed by atoms with Crippen LogP contribution < -0.4 is 5.73 Å². The fourth-order valence-corrected chi connectivity index (χ4v) is 1.57. The van der Waals surface area contributed by atoms with Crippen LogP contribution in [-0.2, 0) is 0 Å². The van der Waals surface area contributed by atoms with E-state index in [1.54, 1.807) is 0 Å². The second-order valence-electron chi connectivity index (χ2n) is 3.45. The first-order valence-corrected chi connectivity index (χ1v) is 4.74. The van der Waals surface area contributed by atoms with Gasteiger partial charge in [0.05, 0.1) is 0 Å². The van der Waals surface area contributed by atoms with E-state index in [-0.39, 0.29) is 13.1 Å². The first-order chi connectivity index (χ1) is 6.94. The number of alkyl halides is 3. The van der Waals surface area contributed by atoms with Crippen molar-refractivity contribution in [3.05, 3.63) is 0 Å². The molecule has 15 heavy (non-hydrogen) atoms. The van der Waals surface area contributed by atoms with Gasteiger partial charge in [0.15, 0.2) is 0 Å². The standard InChI is InChI=1S/C8H14F3N3O/c9-8(10,11)6-14-4-1-3-13(5-2-12)7(14)15/h1-6,12H2. The van der Waals surface area contributed by atoms with Crippen LogP contribution in [0.1, 0.15) is 6.42 Å². The maximum Gasteiger partial charge on any atom is 0.406 e. The number of carbonyl (C=O) groups excluding carboxylic acids is 1. The van der Waals surface area contributed by atoms with Crippen LogP contribution in [0.2, 0.25) is 0 Å². The zero-order valence-corrected chi connectivity index (χ0v) is 8.26. The van der Waals surface area contributed by atoms with Crippen molar-refractivity contribution < 1.29 is 18.0 Å². The van der Waals surface area contributed by atoms with Gasteiger partial charge in [0.25, 0.3) is 0 Å². The van der Waals surface area contributed by atoms with Crippen molar-refractivity contribution in [1.82, 2.24) is 9.80 Å². The van der Waals surface area contributed by atoms with Crippen molar-refractivity contribution >= 4 is 6.03 Å². The molecule has 1 fully saturated rings. The molecule has 1 heterocycles. The van der Waals surface area contributed by atoms with Crippen LogP contribution >= 0.6 is 0 Å². The van der Waals surface area contributed by atoms with Crippen molar-refractivity contribution in [2.24, 2.45) is 5.73 Å². The fraction of sp³-hybridized carbons (Fsp3) is 0.875. The van der Waals surface area contributed by atoms with E-state index < -0.39 is 18.8 Å². The summed E-state index contributed by atoms with van der Waals surface area (Å²) in [5.74, 6) is 0. The zero-order chi connectivity index (χ0) is 11.5. The van der Waals surface area contributed by atoms with Crippen molar-refractivity contribution in [3.8, 4) is 0 Å². The second-order valence-corrected chi connectivity index (χ2v) is 3.45. The average Bonchev–Trinajstić information content (AvgIpc) is 2.10. The summed E-state index contributed by atoms with van der Waals surface area (Å²) >= 11 is 0. The average molecular weight is 225 g/mol. The highest BCUT2D eigenvalue weighted by Crippen LogP contribution is 2.19. The van der Waals surface area contributed by atoms with Gasteiger partial charge in [-0.3, -0.25) is 0 Å². The Balaban J connectivity index is 2.55. The van der Waals surface area contributed by atoms with E-state index in [4.69, 9.17) is 5.73 Å². The number of halogens is 3. The quantitative estimate of drug-likeness (QED) is 0.766. The van der Waals surface area contributed by atoms with E-state index in [9.17, 15) is 18.0 Å². The van der Waals surface area contributed by atoms with Gasteiger partial charge in [-0.15, -0.1) is 0 Å². The Morgan fingerprint density at radius 2 is 1.87 bits per heavy atom. The third-order valence-corrected chi connectivity index (χ3v) is 2.17. The van der Waals surface area contributed by atoms with Gasteiger partial charge < -0.3 is 15.5 Å². The Labute approximate surface area is 85.8 Å². The molecule has 1 rings (SSSR count). The summed E-state index contributed by atoms with van der Waals surface area (Å²) in [6.45, 7) is 0.0650. The monoisotopic (exact) mass is 225 g/mol. The van der Waals surface area contributed by atoms with E-state index in [1.165, 1.54) is 4.90 Å². The Morgan fingerprint density at radius 3 is 2.40 bits per heavy atom. The first-order valence-electron chi connectivity index (χ1n) is 4.74. The number of amides is 2. The molecule has 0 radical (unpaired) electrons. The zero-order valence-electron chi connectivity index (χ0n) is 8.26. The van der Waals surface area contributed by atoms with E-state index in [0.29, 0.717) is 19.5 Å². The van der Waals surface area contributed by atoms with Crippen molar-refractivity contribution in [3.63, 3.8) is 0 Å². The van der Waals surface area contributed by atoms with Crippen molar-refractivity contribution in [2.75, 3.05) is 32.7 Å². The lowest BCUT2D eigenvalue weighted by Crippen LogP contribution is -2.53. The molecule has 88 valence electrons. The normalized spacial score (nSPS) is 18.5. The number of hydrogen-bond donors (Lipinski definition) is 1. The molecule has 0 atom stereocenters. The van der Waals surface area contributed by atoms with Crippen LogP contribution in [0, 0.1) is 0 Å². The summed E-state index contributed by atoms with van der Waals surface area (Å²) < 4.78 is 36.3. The summed E-state index contributed by atoms with van der Waals surface area (Å²) in [6.07, 6.45) is -3.77. The van der Waals surface area contributed by atoms with Crippen LogP contribution in [0.4, 0.5) is 18.0 Å². The molecule has 2 amide bonds. The van der Waals surface area contributed by atoms with Gasteiger partial charge in [0, 0.05) is 26.2 Å². The third-order valence-electron chi connectivity index (χ3n) is 2.17. The molecule has 0 unspecified atom stereocenters. The van der Waals surface area contributed by atoms with Crippen LogP contribution in [-0.4, -0.2) is 54.7 Å². The molecule has 2 N–H and O–H groups in total. The topological polar surface area (TPSA) is 49.6 Å². The number of carbonyl (C=O) groups is 1. The molecule has 0 aromatic carbocycles. The number of nitrogens with two attached hydrogens (primary N) is 1. The number of nitrogens with zero attached hydrogens (tertiary/aromatic N) is 2. The lowest BCUT2D eigenvalue weighted by Gasteiger charge is -2.35. The van der Waals surface area contributed by atoms with Crippen LogP contribution in [0.5, 0.6) is 0 Å². The molecule has 0 spiro atoms. The van der Waals surface area contributed by atoms with E-state index >= 15 is 0 Å². The Kier molecular flexibility index (Phi) is 3.78. The molecular formula is C8H14F3N3O. The molecule has 0 aromatic heterocycles. The van der Waals surface area contributed by atoms with Crippen molar-refractivity contribution in [1.29, 1.82) is 0 Å². The minimum atomic E-state index is -4.33. The summed E-state index contributed by atoms with van der Waals surface area (Å²) in [5.41, 5.74) is 5.26. The third kappa shape index (κ3) is 3.58. The molecule has 0 bridgehead atoms. The molecular weight excluding hydrogens is 211 g/mol. The minimum absolute atomic E-state index is 0.166. The number of hydrogen-bond acceptors (Lipinski definition) is 2. The highest BCUT2D eigenvalue weighted by molar-refractivity contribution is 5.75. The number of rotatable bonds is 3. The van der Waals surface area contributed by atoms with Crippen molar-refractivity contribution in [2.45, 2.75) is 12.6 Å². The summed E-state index contributed by atoms with van der Waals surface area (Å²) in [6, 6.07) is -0.566. The van der Waals surface area contributed by atoms with Crippen LogP contribution in [0.3, 0.4) is 0 Å². The van der Waals surface area contributed by atoms with Gasteiger partial charge in [-0.25, -0.2) is 4.79 Å². The fourth-order valence-electron chi connectivity index (χ4n) is 1.57. The molecule has 7 heteroatoms. The maximum atomic E-state index is 12.1. The highest BCUT2D eigenvalue weighted by atomic mass is 19.4. The lowest BCUT2D eigenvalue weighted by molar-refractivity contribution is -0.142. The molecule has 0 saturated carbocycles. The minimum Gasteiger partial charge on any atom is -0.329 e. The van der Waals surface area contributed by atoms with Crippen LogP contribution in [0.15, 0.2) is 0 Å². The predicted molar refractivity (Wildman–Crippen MR) is 48.3 cm³/mol. The Morgan fingerprint density at radius 1 is 1.27 bits per heavy atom. The van der Waals surface area contributed by atoms with Gasteiger partial charge in [0.1, 0.15) is 6.54 Å². The molecule has 0 aromatic rings. The van der Waals surface area contributed by atoms with Gasteiger partial charge >= 0.3 is 12.2 Å². The van der Waals surface area contributed by atoms with Gasteiger partial charge in [0.2, 0.25) is 0 Å². The molecule has 1 aliphatic rings. The van der Waals surface area contributed by atoms with Gasteiger partial charge in [-0.05, 0) is 6.42 Å². The van der Waals surface area contributed by atoms with E-state index in [0.717, 1.165) is 4.90 Å². The lowest BCUT2D eigenvalue weighted by atomic mass is 10.3. The smallest absolute Gasteiger partial charge is 0.329 e. The molecule has 4 nitrogen and oxygen atoms in total. The summed E-state index contributed by atoms with van der Waals surface area (Å²) in [7, 11) is 0. The van der Waals surface area contributed by atoms with Crippen LogP contribution in [0.25, 0.3) is 0 Å². The Hall–Kier alpha value is -0.980. The largest absolute Gasteiger partial charge is 0.406 e. The van der Waals surface area contributed by atoms with Gasteiger partial charge in [-0.2, -0.15) is 13.2 Å². The maximum absolute atomic E-state index is 12.1. The van der Waals surface area contributed by atoms with E-state index in [2.05, 4.69) is 0 Å². The number of urea groups is 1. The molecule has 1 aliphatic heterocycles. The predicted octanol–water partition coefficient (Wildman–Crippen LogP) is 0.635. The summed E-state index contributed by atoms with van der Waals surface area (Å²) in [4.78, 5) is 13.7. The SMILES string of the molecule is NCCN1CCCN(CC(F)(F)F)C1=O. The highest BCUT2D eigenvalue weighted by Gasteiger charge is 2.35.